The van der Waals surface area contributed by atoms with Gasteiger partial charge in [0.2, 0.25) is 5.91 Å². The molecule has 142 valence electrons. The van der Waals surface area contributed by atoms with Crippen LogP contribution in [0.4, 0.5) is 0 Å². The largest absolute Gasteiger partial charge is 0.367 e. The number of hydrogen-bond donors (Lipinski definition) is 1. The highest BCUT2D eigenvalue weighted by atomic mass is 16.5. The van der Waals surface area contributed by atoms with Crippen LogP contribution in [0.2, 0.25) is 0 Å². The number of nitrogens with zero attached hydrogens (tertiary/aromatic N) is 1. The van der Waals surface area contributed by atoms with Gasteiger partial charge in [0.15, 0.2) is 6.10 Å². The predicted molar refractivity (Wildman–Crippen MR) is 101 cm³/mol. The number of nitrogens with one attached hydrogen (secondary N) is 1. The molecule has 1 aliphatic heterocycles. The zero-order chi connectivity index (χ0) is 18.4. The topological polar surface area (TPSA) is 58.6 Å². The van der Waals surface area contributed by atoms with Gasteiger partial charge in [-0.1, -0.05) is 49.6 Å². The first-order chi connectivity index (χ1) is 12.7. The summed E-state index contributed by atoms with van der Waals surface area (Å²) in [5, 5.41) is 3.21. The minimum Gasteiger partial charge on any atom is -0.367 e. The molecule has 2 fully saturated rings. The third-order valence-corrected chi connectivity index (χ3v) is 5.69. The van der Waals surface area contributed by atoms with E-state index in [0.717, 1.165) is 31.2 Å². The Kier molecular flexibility index (Phi) is 6.67. The van der Waals surface area contributed by atoms with Gasteiger partial charge in [-0.05, 0) is 31.2 Å². The lowest BCUT2D eigenvalue weighted by atomic mass is 9.88. The van der Waals surface area contributed by atoms with Crippen molar-refractivity contribution in [2.75, 3.05) is 20.2 Å². The summed E-state index contributed by atoms with van der Waals surface area (Å²) in [6.07, 6.45) is 6.72. The summed E-state index contributed by atoms with van der Waals surface area (Å²) in [7, 11) is 1.58. The van der Waals surface area contributed by atoms with Gasteiger partial charge in [-0.2, -0.15) is 0 Å². The Hall–Kier alpha value is -1.88. The van der Waals surface area contributed by atoms with Gasteiger partial charge >= 0.3 is 0 Å². The highest BCUT2D eigenvalue weighted by molar-refractivity contribution is 5.82. The van der Waals surface area contributed by atoms with Gasteiger partial charge in [-0.25, -0.2) is 0 Å². The molecule has 5 nitrogen and oxygen atoms in total. The quantitative estimate of drug-likeness (QED) is 0.880. The van der Waals surface area contributed by atoms with Crippen molar-refractivity contribution >= 4 is 11.8 Å². The number of hydrogen-bond acceptors (Lipinski definition) is 3. The van der Waals surface area contributed by atoms with Crippen molar-refractivity contribution in [3.05, 3.63) is 35.9 Å². The maximum atomic E-state index is 12.8. The second-order valence-corrected chi connectivity index (χ2v) is 7.47. The summed E-state index contributed by atoms with van der Waals surface area (Å²) in [5.41, 5.74) is 0.882. The van der Waals surface area contributed by atoms with Crippen LogP contribution in [0, 0.1) is 5.92 Å². The third kappa shape index (κ3) is 4.64. The minimum atomic E-state index is -0.551. The summed E-state index contributed by atoms with van der Waals surface area (Å²) < 4.78 is 5.46. The van der Waals surface area contributed by atoms with E-state index in [1.807, 2.05) is 35.2 Å². The molecule has 1 saturated carbocycles. The van der Waals surface area contributed by atoms with Crippen LogP contribution >= 0.6 is 0 Å². The molecule has 3 rings (SSSR count). The molecule has 1 aliphatic carbocycles. The number of carbonyl (C=O) groups excluding carboxylic acids is 2. The standard InChI is InChI=1S/C21H30N2O3/c1-26-19(16-8-4-2-5-9-16)21(25)23-14-12-18(13-15-23)22-20(24)17-10-6-3-7-11-17/h2,4-5,8-9,17-19H,3,6-7,10-15H2,1H3,(H,22,24). The van der Waals surface area contributed by atoms with Crippen LogP contribution < -0.4 is 5.32 Å². The normalized spacial score (nSPS) is 20.6. The Labute approximate surface area is 156 Å². The van der Waals surface area contributed by atoms with Crippen LogP contribution in [-0.2, 0) is 14.3 Å². The van der Waals surface area contributed by atoms with Crippen LogP contribution in [0.25, 0.3) is 0 Å². The van der Waals surface area contributed by atoms with Gasteiger partial charge in [-0.3, -0.25) is 9.59 Å². The Bertz CT molecular complexity index is 591. The van der Waals surface area contributed by atoms with E-state index >= 15 is 0 Å². The van der Waals surface area contributed by atoms with Crippen LogP contribution in [-0.4, -0.2) is 43.0 Å². The minimum absolute atomic E-state index is 0.00996. The zero-order valence-electron chi connectivity index (χ0n) is 15.7. The average Bonchev–Trinajstić information content (AvgIpc) is 2.70. The molecule has 0 aromatic heterocycles. The molecule has 2 amide bonds. The number of rotatable bonds is 5. The first-order valence-corrected chi connectivity index (χ1v) is 9.86. The van der Waals surface area contributed by atoms with Crippen LogP contribution in [0.5, 0.6) is 0 Å². The average molecular weight is 358 g/mol. The van der Waals surface area contributed by atoms with Gasteiger partial charge in [0.05, 0.1) is 0 Å². The number of carbonyl (C=O) groups is 2. The van der Waals surface area contributed by atoms with Crippen molar-refractivity contribution in [1.82, 2.24) is 10.2 Å². The second-order valence-electron chi connectivity index (χ2n) is 7.47. The smallest absolute Gasteiger partial charge is 0.256 e. The maximum Gasteiger partial charge on any atom is 0.256 e. The first kappa shape index (κ1) is 18.9. The summed E-state index contributed by atoms with van der Waals surface area (Å²) in [4.78, 5) is 27.1. The molecule has 1 atom stereocenters. The Morgan fingerprint density at radius 2 is 1.69 bits per heavy atom. The number of piperidine rings is 1. The van der Waals surface area contributed by atoms with Crippen molar-refractivity contribution in [3.8, 4) is 0 Å². The summed E-state index contributed by atoms with van der Waals surface area (Å²) in [5.74, 6) is 0.420. The van der Waals surface area contributed by atoms with Crippen molar-refractivity contribution < 1.29 is 14.3 Å². The molecule has 1 saturated heterocycles. The van der Waals surface area contributed by atoms with Gasteiger partial charge in [0.1, 0.15) is 0 Å². The van der Waals surface area contributed by atoms with Crippen molar-refractivity contribution in [2.24, 2.45) is 5.92 Å². The molecule has 2 aliphatic rings. The van der Waals surface area contributed by atoms with E-state index in [-0.39, 0.29) is 23.8 Å². The molecule has 1 aromatic carbocycles. The Morgan fingerprint density at radius 1 is 1.04 bits per heavy atom. The molecule has 0 radical (unpaired) electrons. The Morgan fingerprint density at radius 3 is 2.31 bits per heavy atom. The van der Waals surface area contributed by atoms with E-state index in [9.17, 15) is 9.59 Å². The maximum absolute atomic E-state index is 12.8. The molecular weight excluding hydrogens is 328 g/mol. The number of benzene rings is 1. The van der Waals surface area contributed by atoms with Gasteiger partial charge in [-0.15, -0.1) is 0 Å². The fourth-order valence-corrected chi connectivity index (χ4v) is 4.10. The van der Waals surface area contributed by atoms with Crippen molar-refractivity contribution in [3.63, 3.8) is 0 Å². The molecule has 1 aromatic rings. The van der Waals surface area contributed by atoms with Gasteiger partial charge in [0, 0.05) is 32.2 Å². The second kappa shape index (κ2) is 9.17. The van der Waals surface area contributed by atoms with E-state index in [0.29, 0.717) is 13.1 Å². The summed E-state index contributed by atoms with van der Waals surface area (Å²) in [6.45, 7) is 1.34. The molecular formula is C21H30N2O3. The third-order valence-electron chi connectivity index (χ3n) is 5.69. The molecule has 1 unspecified atom stereocenters. The number of ether oxygens (including phenoxy) is 1. The Balaban J connectivity index is 1.49. The van der Waals surface area contributed by atoms with E-state index in [1.54, 1.807) is 7.11 Å². The van der Waals surface area contributed by atoms with Gasteiger partial charge < -0.3 is 15.0 Å². The molecule has 0 bridgehead atoms. The monoisotopic (exact) mass is 358 g/mol. The number of likely N-dealkylation sites (tertiary alicyclic amines) is 1. The van der Waals surface area contributed by atoms with Crippen LogP contribution in [0.15, 0.2) is 30.3 Å². The summed E-state index contributed by atoms with van der Waals surface area (Å²) >= 11 is 0. The number of methoxy groups -OCH3 is 1. The summed E-state index contributed by atoms with van der Waals surface area (Å²) in [6, 6.07) is 9.79. The molecule has 5 heteroatoms. The van der Waals surface area contributed by atoms with Gasteiger partial charge in [0.25, 0.3) is 5.91 Å². The lowest BCUT2D eigenvalue weighted by molar-refractivity contribution is -0.143. The highest BCUT2D eigenvalue weighted by Crippen LogP contribution is 2.25. The van der Waals surface area contributed by atoms with Crippen molar-refractivity contribution in [2.45, 2.75) is 57.1 Å². The van der Waals surface area contributed by atoms with Crippen molar-refractivity contribution in [1.29, 1.82) is 0 Å². The van der Waals surface area contributed by atoms with E-state index in [4.69, 9.17) is 4.74 Å². The lowest BCUT2D eigenvalue weighted by Gasteiger charge is -2.35. The van der Waals surface area contributed by atoms with Crippen LogP contribution in [0.3, 0.4) is 0 Å². The molecule has 26 heavy (non-hydrogen) atoms. The first-order valence-electron chi connectivity index (χ1n) is 9.86. The molecule has 1 heterocycles. The zero-order valence-corrected chi connectivity index (χ0v) is 15.7. The number of amides is 2. The SMILES string of the molecule is COC(C(=O)N1CCC(NC(=O)C2CCCCC2)CC1)c1ccccc1. The van der Waals surface area contributed by atoms with E-state index in [2.05, 4.69) is 5.32 Å². The predicted octanol–water partition coefficient (Wildman–Crippen LogP) is 3.06. The highest BCUT2D eigenvalue weighted by Gasteiger charge is 2.30. The van der Waals surface area contributed by atoms with E-state index in [1.165, 1.54) is 19.3 Å². The van der Waals surface area contributed by atoms with E-state index < -0.39 is 6.10 Å². The fourth-order valence-electron chi connectivity index (χ4n) is 4.10. The fraction of sp³-hybridized carbons (Fsp3) is 0.619. The molecule has 0 spiro atoms. The van der Waals surface area contributed by atoms with Crippen LogP contribution in [0.1, 0.15) is 56.6 Å². The molecule has 1 N–H and O–H groups in total. The lowest BCUT2D eigenvalue weighted by Crippen LogP contribution is -2.49.